The van der Waals surface area contributed by atoms with Crippen molar-refractivity contribution in [1.29, 1.82) is 0 Å². The average Bonchev–Trinajstić information content (AvgIpc) is 2.67. The zero-order valence-corrected chi connectivity index (χ0v) is 16.3. The fourth-order valence-electron chi connectivity index (χ4n) is 2.91. The van der Waals surface area contributed by atoms with Gasteiger partial charge in [-0.15, -0.1) is 0 Å². The van der Waals surface area contributed by atoms with E-state index in [-0.39, 0.29) is 17.1 Å². The third kappa shape index (κ3) is 4.53. The second kappa shape index (κ2) is 7.24. The third-order valence-electron chi connectivity index (χ3n) is 4.96. The van der Waals surface area contributed by atoms with Crippen LogP contribution in [-0.4, -0.2) is 24.9 Å². The first-order valence-electron chi connectivity index (χ1n) is 8.90. The van der Waals surface area contributed by atoms with Gasteiger partial charge in [0.05, 0.1) is 17.8 Å². The van der Waals surface area contributed by atoms with Crippen molar-refractivity contribution in [2.24, 2.45) is 11.8 Å². The highest BCUT2D eigenvalue weighted by Gasteiger charge is 2.52. The SMILES string of the molecule is CC(C)CC(C)COc1cc(F)c(B2OC(C)(C)C(C)(C)O2)cc1F. The lowest BCUT2D eigenvalue weighted by Crippen LogP contribution is -2.41. The minimum Gasteiger partial charge on any atom is -0.490 e. The molecule has 6 heteroatoms. The lowest BCUT2D eigenvalue weighted by atomic mass is 9.78. The molecule has 1 aliphatic heterocycles. The van der Waals surface area contributed by atoms with Gasteiger partial charge in [-0.2, -0.15) is 0 Å². The molecule has 1 fully saturated rings. The fraction of sp³-hybridized carbons (Fsp3) is 0.684. The molecule has 0 aliphatic carbocycles. The van der Waals surface area contributed by atoms with Gasteiger partial charge in [-0.3, -0.25) is 0 Å². The molecule has 1 atom stereocenters. The van der Waals surface area contributed by atoms with Crippen molar-refractivity contribution >= 4 is 12.6 Å². The molecule has 0 radical (unpaired) electrons. The van der Waals surface area contributed by atoms with Crippen LogP contribution >= 0.6 is 0 Å². The number of benzene rings is 1. The zero-order chi connectivity index (χ0) is 19.0. The summed E-state index contributed by atoms with van der Waals surface area (Å²) in [7, 11) is -0.937. The quantitative estimate of drug-likeness (QED) is 0.712. The molecule has 0 spiro atoms. The van der Waals surface area contributed by atoms with Crippen LogP contribution in [0.3, 0.4) is 0 Å². The van der Waals surface area contributed by atoms with Crippen molar-refractivity contribution in [3.05, 3.63) is 23.8 Å². The molecule has 0 aromatic heterocycles. The van der Waals surface area contributed by atoms with Crippen LogP contribution < -0.4 is 10.2 Å². The molecule has 1 unspecified atom stereocenters. The molecule has 1 aromatic rings. The summed E-state index contributed by atoms with van der Waals surface area (Å²) >= 11 is 0. The minimum absolute atomic E-state index is 0.0544. The Hall–Kier alpha value is -1.14. The molecule has 1 saturated heterocycles. The molecule has 0 saturated carbocycles. The highest BCUT2D eigenvalue weighted by atomic mass is 19.1. The van der Waals surface area contributed by atoms with Gasteiger partial charge in [-0.05, 0) is 52.0 Å². The van der Waals surface area contributed by atoms with Crippen LogP contribution in [0.2, 0.25) is 0 Å². The van der Waals surface area contributed by atoms with Gasteiger partial charge in [0.25, 0.3) is 0 Å². The van der Waals surface area contributed by atoms with Crippen molar-refractivity contribution in [3.8, 4) is 5.75 Å². The molecule has 1 aliphatic rings. The topological polar surface area (TPSA) is 27.7 Å². The van der Waals surface area contributed by atoms with Crippen molar-refractivity contribution in [2.45, 2.75) is 66.1 Å². The smallest absolute Gasteiger partial charge is 0.490 e. The third-order valence-corrected chi connectivity index (χ3v) is 4.96. The van der Waals surface area contributed by atoms with E-state index in [9.17, 15) is 8.78 Å². The minimum atomic E-state index is -0.937. The van der Waals surface area contributed by atoms with Gasteiger partial charge in [0.15, 0.2) is 11.6 Å². The summed E-state index contributed by atoms with van der Waals surface area (Å²) in [4.78, 5) is 0. The summed E-state index contributed by atoms with van der Waals surface area (Å²) in [5.74, 6) is -0.473. The zero-order valence-electron chi connectivity index (χ0n) is 16.3. The van der Waals surface area contributed by atoms with Crippen LogP contribution in [-0.2, 0) is 9.31 Å². The van der Waals surface area contributed by atoms with Crippen LogP contribution in [0, 0.1) is 23.5 Å². The maximum atomic E-state index is 14.5. The Morgan fingerprint density at radius 2 is 1.56 bits per heavy atom. The number of ether oxygens (including phenoxy) is 1. The predicted octanol–water partition coefficient (Wildman–Crippen LogP) is 4.33. The highest BCUT2D eigenvalue weighted by molar-refractivity contribution is 6.62. The first-order valence-corrected chi connectivity index (χ1v) is 8.90. The maximum absolute atomic E-state index is 14.5. The molecule has 3 nitrogen and oxygen atoms in total. The number of rotatable bonds is 6. The molecular formula is C19H29BF2O3. The largest absolute Gasteiger partial charge is 0.497 e. The summed E-state index contributed by atoms with van der Waals surface area (Å²) in [6.45, 7) is 14.1. The standard InChI is InChI=1S/C19H29BF2O3/c1-12(2)8-13(3)11-23-17-10-15(21)14(9-16(17)22)20-24-18(4,5)19(6,7)25-20/h9-10,12-13H,8,11H2,1-7H3. The predicted molar refractivity (Wildman–Crippen MR) is 96.2 cm³/mol. The Labute approximate surface area is 150 Å². The van der Waals surface area contributed by atoms with E-state index in [4.69, 9.17) is 14.0 Å². The first kappa shape index (κ1) is 20.2. The molecular weight excluding hydrogens is 325 g/mol. The number of halogens is 2. The van der Waals surface area contributed by atoms with Gasteiger partial charge >= 0.3 is 7.12 Å². The van der Waals surface area contributed by atoms with Crippen LogP contribution in [0.4, 0.5) is 8.78 Å². The second-order valence-corrected chi connectivity index (χ2v) is 8.44. The maximum Gasteiger partial charge on any atom is 0.497 e. The summed E-state index contributed by atoms with van der Waals surface area (Å²) in [6, 6.07) is 2.19. The molecule has 0 amide bonds. The van der Waals surface area contributed by atoms with Crippen molar-refractivity contribution in [3.63, 3.8) is 0 Å². The van der Waals surface area contributed by atoms with E-state index in [1.165, 1.54) is 0 Å². The van der Waals surface area contributed by atoms with Gasteiger partial charge in [-0.1, -0.05) is 20.8 Å². The van der Waals surface area contributed by atoms with Crippen LogP contribution in [0.15, 0.2) is 12.1 Å². The van der Waals surface area contributed by atoms with Crippen molar-refractivity contribution in [2.75, 3.05) is 6.61 Å². The van der Waals surface area contributed by atoms with E-state index in [0.29, 0.717) is 12.5 Å². The molecule has 0 N–H and O–H groups in total. The van der Waals surface area contributed by atoms with Gasteiger partial charge < -0.3 is 14.0 Å². The normalized spacial score (nSPS) is 20.2. The summed E-state index contributed by atoms with van der Waals surface area (Å²) in [5.41, 5.74) is -1.16. The fourth-order valence-corrected chi connectivity index (χ4v) is 2.91. The molecule has 25 heavy (non-hydrogen) atoms. The number of hydrogen-bond acceptors (Lipinski definition) is 3. The molecule has 1 aromatic carbocycles. The second-order valence-electron chi connectivity index (χ2n) is 8.44. The van der Waals surface area contributed by atoms with E-state index >= 15 is 0 Å². The van der Waals surface area contributed by atoms with E-state index in [1.807, 2.05) is 34.6 Å². The summed E-state index contributed by atoms with van der Waals surface area (Å²) in [5, 5.41) is 0. The van der Waals surface area contributed by atoms with Gasteiger partial charge in [0, 0.05) is 11.5 Å². The van der Waals surface area contributed by atoms with Gasteiger partial charge in [0.2, 0.25) is 0 Å². The molecule has 2 rings (SSSR count). The lowest BCUT2D eigenvalue weighted by molar-refractivity contribution is 0.00578. The van der Waals surface area contributed by atoms with E-state index in [2.05, 4.69) is 13.8 Å². The first-order chi connectivity index (χ1) is 11.4. The molecule has 1 heterocycles. The number of hydrogen-bond donors (Lipinski definition) is 0. The van der Waals surface area contributed by atoms with Crippen molar-refractivity contribution < 1.29 is 22.8 Å². The average molecular weight is 354 g/mol. The van der Waals surface area contributed by atoms with Crippen LogP contribution in [0.1, 0.15) is 54.9 Å². The summed E-state index contributed by atoms with van der Waals surface area (Å²) < 4.78 is 46.0. The Morgan fingerprint density at radius 1 is 1.00 bits per heavy atom. The van der Waals surface area contributed by atoms with Crippen LogP contribution in [0.5, 0.6) is 5.75 Å². The highest BCUT2D eigenvalue weighted by Crippen LogP contribution is 2.37. The lowest BCUT2D eigenvalue weighted by Gasteiger charge is -2.32. The van der Waals surface area contributed by atoms with Gasteiger partial charge in [0.1, 0.15) is 5.82 Å². The Kier molecular flexibility index (Phi) is 5.84. The Balaban J connectivity index is 2.13. The molecule has 0 bridgehead atoms. The monoisotopic (exact) mass is 354 g/mol. The molecule has 140 valence electrons. The van der Waals surface area contributed by atoms with Crippen LogP contribution in [0.25, 0.3) is 0 Å². The summed E-state index contributed by atoms with van der Waals surface area (Å²) in [6.07, 6.45) is 0.968. The van der Waals surface area contributed by atoms with Crippen molar-refractivity contribution in [1.82, 2.24) is 0 Å². The van der Waals surface area contributed by atoms with E-state index in [0.717, 1.165) is 18.6 Å². The Morgan fingerprint density at radius 3 is 2.08 bits per heavy atom. The van der Waals surface area contributed by atoms with Gasteiger partial charge in [-0.25, -0.2) is 8.78 Å². The van der Waals surface area contributed by atoms with E-state index in [1.54, 1.807) is 0 Å². The van der Waals surface area contributed by atoms with E-state index < -0.39 is 30.0 Å². The Bertz CT molecular complexity index is 601.